The van der Waals surface area contributed by atoms with Crippen LogP contribution in [0.4, 0.5) is 5.69 Å². The van der Waals surface area contributed by atoms with Gasteiger partial charge in [0.25, 0.3) is 11.6 Å². The van der Waals surface area contributed by atoms with Crippen molar-refractivity contribution in [3.8, 4) is 0 Å². The first kappa shape index (κ1) is 16.9. The van der Waals surface area contributed by atoms with Crippen molar-refractivity contribution in [1.29, 1.82) is 0 Å². The highest BCUT2D eigenvalue weighted by atomic mass is 16.6. The summed E-state index contributed by atoms with van der Waals surface area (Å²) >= 11 is 0. The van der Waals surface area contributed by atoms with Crippen LogP contribution in [-0.2, 0) is 11.2 Å². The lowest BCUT2D eigenvalue weighted by atomic mass is 9.93. The fourth-order valence-corrected chi connectivity index (χ4v) is 2.94. The normalized spacial score (nSPS) is 15.4. The van der Waals surface area contributed by atoms with Crippen molar-refractivity contribution >= 4 is 17.6 Å². The number of carbonyl (C=O) groups excluding carboxylic acids is 1. The molecule has 1 fully saturated rings. The number of hydrogen-bond acceptors (Lipinski definition) is 4. The zero-order valence-corrected chi connectivity index (χ0v) is 13.0. The van der Waals surface area contributed by atoms with Crippen molar-refractivity contribution < 1.29 is 19.6 Å². The van der Waals surface area contributed by atoms with Crippen LogP contribution in [0.2, 0.25) is 0 Å². The predicted octanol–water partition coefficient (Wildman–Crippen LogP) is 2.48. The Balaban J connectivity index is 2.08. The molecule has 1 aliphatic heterocycles. The number of amides is 1. The molecule has 1 aromatic rings. The number of aliphatic carboxylic acids is 1. The van der Waals surface area contributed by atoms with Crippen molar-refractivity contribution in [3.63, 3.8) is 0 Å². The second-order valence-corrected chi connectivity index (χ2v) is 5.79. The first-order valence-corrected chi connectivity index (χ1v) is 7.70. The molecule has 0 spiro atoms. The number of rotatable bonds is 5. The Morgan fingerprint density at radius 2 is 2.00 bits per heavy atom. The van der Waals surface area contributed by atoms with Gasteiger partial charge in [0.05, 0.1) is 4.92 Å². The summed E-state index contributed by atoms with van der Waals surface area (Å²) in [4.78, 5) is 35.5. The van der Waals surface area contributed by atoms with Gasteiger partial charge in [-0.25, -0.2) is 0 Å². The van der Waals surface area contributed by atoms with Crippen LogP contribution in [0, 0.1) is 16.0 Å². The van der Waals surface area contributed by atoms with Crippen LogP contribution >= 0.6 is 0 Å². The van der Waals surface area contributed by atoms with E-state index in [9.17, 15) is 19.7 Å². The van der Waals surface area contributed by atoms with E-state index < -0.39 is 10.9 Å². The molecule has 1 heterocycles. The van der Waals surface area contributed by atoms with Gasteiger partial charge in [-0.1, -0.05) is 13.0 Å². The zero-order valence-electron chi connectivity index (χ0n) is 13.0. The summed E-state index contributed by atoms with van der Waals surface area (Å²) in [6.07, 6.45) is 1.95. The second-order valence-electron chi connectivity index (χ2n) is 5.79. The maximum atomic E-state index is 12.5. The van der Waals surface area contributed by atoms with Crippen LogP contribution < -0.4 is 0 Å². The van der Waals surface area contributed by atoms with Gasteiger partial charge in [0.1, 0.15) is 0 Å². The van der Waals surface area contributed by atoms with Gasteiger partial charge in [-0.2, -0.15) is 0 Å². The van der Waals surface area contributed by atoms with Gasteiger partial charge >= 0.3 is 5.97 Å². The summed E-state index contributed by atoms with van der Waals surface area (Å²) in [5.74, 6) is -0.960. The first-order valence-electron chi connectivity index (χ1n) is 7.70. The zero-order chi connectivity index (χ0) is 17.0. The van der Waals surface area contributed by atoms with E-state index in [1.807, 2.05) is 6.92 Å². The van der Waals surface area contributed by atoms with Crippen molar-refractivity contribution in [2.24, 2.45) is 5.92 Å². The molecular formula is C16H20N2O5. The standard InChI is InChI=1S/C16H20N2O5/c1-2-12-3-4-13(10-14(12)18(22)23)16(21)17-7-5-11(6-8-17)9-15(19)20/h3-4,10-11H,2,5-9H2,1H3,(H,19,20). The van der Waals surface area contributed by atoms with E-state index in [1.165, 1.54) is 6.07 Å². The lowest BCUT2D eigenvalue weighted by Gasteiger charge is -2.31. The number of piperidine rings is 1. The third kappa shape index (κ3) is 4.06. The van der Waals surface area contributed by atoms with E-state index in [0.717, 1.165) is 0 Å². The Hall–Kier alpha value is -2.44. The Morgan fingerprint density at radius 3 is 2.52 bits per heavy atom. The number of nitro groups is 1. The van der Waals surface area contributed by atoms with Crippen LogP contribution in [0.5, 0.6) is 0 Å². The summed E-state index contributed by atoms with van der Waals surface area (Å²) in [6, 6.07) is 4.59. The number of carboxylic acids is 1. The molecule has 0 radical (unpaired) electrons. The smallest absolute Gasteiger partial charge is 0.303 e. The lowest BCUT2D eigenvalue weighted by molar-refractivity contribution is -0.385. The number of hydrogen-bond donors (Lipinski definition) is 1. The van der Waals surface area contributed by atoms with Crippen molar-refractivity contribution in [2.45, 2.75) is 32.6 Å². The number of likely N-dealkylation sites (tertiary alicyclic amines) is 1. The Bertz CT molecular complexity index is 621. The maximum absolute atomic E-state index is 12.5. The highest BCUT2D eigenvalue weighted by Crippen LogP contribution is 2.25. The molecule has 1 N–H and O–H groups in total. The molecule has 1 amide bonds. The minimum atomic E-state index is -0.819. The highest BCUT2D eigenvalue weighted by Gasteiger charge is 2.26. The second kappa shape index (κ2) is 7.21. The van der Waals surface area contributed by atoms with Crippen molar-refractivity contribution in [2.75, 3.05) is 13.1 Å². The van der Waals surface area contributed by atoms with E-state index >= 15 is 0 Å². The number of aryl methyl sites for hydroxylation is 1. The fraction of sp³-hybridized carbons (Fsp3) is 0.500. The van der Waals surface area contributed by atoms with Gasteiger partial charge in [-0.05, 0) is 31.2 Å². The van der Waals surface area contributed by atoms with Crippen LogP contribution in [0.25, 0.3) is 0 Å². The predicted molar refractivity (Wildman–Crippen MR) is 83.4 cm³/mol. The number of carbonyl (C=O) groups is 2. The summed E-state index contributed by atoms with van der Waals surface area (Å²) in [7, 11) is 0. The molecule has 0 unspecified atom stereocenters. The van der Waals surface area contributed by atoms with Crippen LogP contribution in [0.15, 0.2) is 18.2 Å². The van der Waals surface area contributed by atoms with Crippen LogP contribution in [-0.4, -0.2) is 39.9 Å². The topological polar surface area (TPSA) is 101 Å². The number of benzene rings is 1. The molecule has 7 nitrogen and oxygen atoms in total. The first-order chi connectivity index (χ1) is 10.9. The van der Waals surface area contributed by atoms with E-state index in [2.05, 4.69) is 0 Å². The monoisotopic (exact) mass is 320 g/mol. The third-order valence-electron chi connectivity index (χ3n) is 4.27. The van der Waals surface area contributed by atoms with Crippen LogP contribution in [0.1, 0.15) is 42.1 Å². The fourth-order valence-electron chi connectivity index (χ4n) is 2.94. The number of nitrogens with zero attached hydrogens (tertiary/aromatic N) is 2. The molecule has 0 aromatic heterocycles. The lowest BCUT2D eigenvalue weighted by Crippen LogP contribution is -2.38. The molecular weight excluding hydrogens is 300 g/mol. The highest BCUT2D eigenvalue weighted by molar-refractivity contribution is 5.95. The molecule has 0 saturated carbocycles. The Kier molecular flexibility index (Phi) is 5.31. The molecule has 0 atom stereocenters. The van der Waals surface area contributed by atoms with Crippen LogP contribution in [0.3, 0.4) is 0 Å². The Labute approximate surface area is 134 Å². The molecule has 23 heavy (non-hydrogen) atoms. The quantitative estimate of drug-likeness (QED) is 0.663. The Morgan fingerprint density at radius 1 is 1.35 bits per heavy atom. The van der Waals surface area contributed by atoms with Gasteiger partial charge in [0.2, 0.25) is 0 Å². The van der Waals surface area contributed by atoms with E-state index in [4.69, 9.17) is 5.11 Å². The van der Waals surface area contributed by atoms with E-state index in [0.29, 0.717) is 43.5 Å². The molecule has 124 valence electrons. The largest absolute Gasteiger partial charge is 0.481 e. The summed E-state index contributed by atoms with van der Waals surface area (Å²) in [5.41, 5.74) is 0.886. The van der Waals surface area contributed by atoms with Gasteiger partial charge in [-0.15, -0.1) is 0 Å². The van der Waals surface area contributed by atoms with Gasteiger partial charge < -0.3 is 10.0 Å². The third-order valence-corrected chi connectivity index (χ3v) is 4.27. The molecule has 1 aromatic carbocycles. The SMILES string of the molecule is CCc1ccc(C(=O)N2CCC(CC(=O)O)CC2)cc1[N+](=O)[O-]. The minimum Gasteiger partial charge on any atom is -0.481 e. The molecule has 0 bridgehead atoms. The van der Waals surface area contributed by atoms with Gasteiger partial charge in [0, 0.05) is 36.7 Å². The summed E-state index contributed by atoms with van der Waals surface area (Å²) < 4.78 is 0. The van der Waals surface area contributed by atoms with Gasteiger partial charge in [-0.3, -0.25) is 19.7 Å². The molecule has 1 aliphatic rings. The molecule has 7 heteroatoms. The molecule has 1 saturated heterocycles. The maximum Gasteiger partial charge on any atom is 0.303 e. The number of carboxylic acid groups (broad SMARTS) is 1. The van der Waals surface area contributed by atoms with E-state index in [1.54, 1.807) is 17.0 Å². The summed E-state index contributed by atoms with van der Waals surface area (Å²) in [6.45, 7) is 2.80. The molecule has 2 rings (SSSR count). The van der Waals surface area contributed by atoms with Crippen molar-refractivity contribution in [3.05, 3.63) is 39.4 Å². The average molecular weight is 320 g/mol. The average Bonchev–Trinajstić information content (AvgIpc) is 2.53. The molecule has 0 aliphatic carbocycles. The minimum absolute atomic E-state index is 0.0286. The number of nitro benzene ring substituents is 1. The van der Waals surface area contributed by atoms with Crippen molar-refractivity contribution in [1.82, 2.24) is 4.90 Å². The van der Waals surface area contributed by atoms with Gasteiger partial charge in [0.15, 0.2) is 0 Å². The van der Waals surface area contributed by atoms with E-state index in [-0.39, 0.29) is 23.9 Å². The summed E-state index contributed by atoms with van der Waals surface area (Å²) in [5, 5.41) is 19.9.